The highest BCUT2D eigenvalue weighted by Gasteiger charge is 2.01. The third-order valence-electron chi connectivity index (χ3n) is 2.47. The normalized spacial score (nSPS) is 10.4. The molecule has 0 spiro atoms. The number of aliphatic hydroxyl groups excluding tert-OH is 1. The molecule has 4 heteroatoms. The van der Waals surface area contributed by atoms with Crippen molar-refractivity contribution in [2.24, 2.45) is 0 Å². The predicted molar refractivity (Wildman–Crippen MR) is 73.2 cm³/mol. The Labute approximate surface area is 116 Å². The Morgan fingerprint density at radius 2 is 1.78 bits per heavy atom. The van der Waals surface area contributed by atoms with Crippen LogP contribution in [-0.2, 0) is 13.2 Å². The van der Waals surface area contributed by atoms with Gasteiger partial charge in [-0.25, -0.2) is 0 Å². The van der Waals surface area contributed by atoms with Crippen molar-refractivity contribution in [1.82, 2.24) is 0 Å². The Bertz CT molecular complexity index is 541. The summed E-state index contributed by atoms with van der Waals surface area (Å²) in [6.45, 7) is 0.412. The Hall–Kier alpha value is -1.22. The van der Waals surface area contributed by atoms with Gasteiger partial charge in [0.25, 0.3) is 0 Å². The minimum atomic E-state index is 0.00394. The first-order valence-electron chi connectivity index (χ1n) is 5.45. The van der Waals surface area contributed by atoms with E-state index in [1.54, 1.807) is 18.2 Å². The standard InChI is InChI=1S/C14H12Cl2O2/c15-13-5-4-11(7-14(13)16)9-18-12-3-1-2-10(6-12)8-17/h1-7,17H,8-9H2. The van der Waals surface area contributed by atoms with Crippen LogP contribution in [0.1, 0.15) is 11.1 Å². The molecule has 2 aromatic rings. The van der Waals surface area contributed by atoms with E-state index in [4.69, 9.17) is 33.0 Å². The second kappa shape index (κ2) is 6.10. The molecule has 18 heavy (non-hydrogen) atoms. The van der Waals surface area contributed by atoms with E-state index in [9.17, 15) is 0 Å². The molecule has 0 radical (unpaired) electrons. The first-order valence-corrected chi connectivity index (χ1v) is 6.21. The molecule has 0 amide bonds. The van der Waals surface area contributed by atoms with E-state index in [0.717, 1.165) is 11.1 Å². The van der Waals surface area contributed by atoms with Crippen LogP contribution < -0.4 is 4.74 Å². The van der Waals surface area contributed by atoms with Gasteiger partial charge in [0.05, 0.1) is 16.7 Å². The second-order valence-electron chi connectivity index (χ2n) is 3.84. The van der Waals surface area contributed by atoms with Gasteiger partial charge in [0.1, 0.15) is 12.4 Å². The Morgan fingerprint density at radius 3 is 2.50 bits per heavy atom. The third-order valence-corrected chi connectivity index (χ3v) is 3.21. The summed E-state index contributed by atoms with van der Waals surface area (Å²) in [5.41, 5.74) is 1.76. The third kappa shape index (κ3) is 3.39. The maximum absolute atomic E-state index is 9.03. The van der Waals surface area contributed by atoms with E-state index in [2.05, 4.69) is 0 Å². The van der Waals surface area contributed by atoms with Crippen LogP contribution in [0, 0.1) is 0 Å². The highest BCUT2D eigenvalue weighted by atomic mass is 35.5. The van der Waals surface area contributed by atoms with Crippen LogP contribution in [0.2, 0.25) is 10.0 Å². The topological polar surface area (TPSA) is 29.5 Å². The molecule has 0 aliphatic heterocycles. The van der Waals surface area contributed by atoms with Crippen molar-refractivity contribution >= 4 is 23.2 Å². The lowest BCUT2D eigenvalue weighted by molar-refractivity contribution is 0.278. The van der Waals surface area contributed by atoms with E-state index >= 15 is 0 Å². The smallest absolute Gasteiger partial charge is 0.120 e. The fourth-order valence-electron chi connectivity index (χ4n) is 1.53. The SMILES string of the molecule is OCc1cccc(OCc2ccc(Cl)c(Cl)c2)c1. The molecule has 2 aromatic carbocycles. The summed E-state index contributed by atoms with van der Waals surface area (Å²) in [5, 5.41) is 10.1. The second-order valence-corrected chi connectivity index (χ2v) is 4.66. The van der Waals surface area contributed by atoms with E-state index in [0.29, 0.717) is 22.4 Å². The van der Waals surface area contributed by atoms with Crippen molar-refractivity contribution in [2.75, 3.05) is 0 Å². The maximum atomic E-state index is 9.03. The van der Waals surface area contributed by atoms with E-state index in [-0.39, 0.29) is 6.61 Å². The van der Waals surface area contributed by atoms with Crippen LogP contribution in [0.3, 0.4) is 0 Å². The summed E-state index contributed by atoms with van der Waals surface area (Å²) in [6.07, 6.45) is 0. The Kier molecular flexibility index (Phi) is 4.48. The summed E-state index contributed by atoms with van der Waals surface area (Å²) in [7, 11) is 0. The lowest BCUT2D eigenvalue weighted by atomic mass is 10.2. The average molecular weight is 283 g/mol. The minimum absolute atomic E-state index is 0.00394. The van der Waals surface area contributed by atoms with Gasteiger partial charge in [0, 0.05) is 0 Å². The Balaban J connectivity index is 2.04. The molecule has 94 valence electrons. The molecule has 0 saturated heterocycles. The molecule has 0 atom stereocenters. The number of halogens is 2. The van der Waals surface area contributed by atoms with Crippen LogP contribution in [0.15, 0.2) is 42.5 Å². The summed E-state index contributed by atoms with van der Waals surface area (Å²) in [4.78, 5) is 0. The van der Waals surface area contributed by atoms with Crippen molar-refractivity contribution < 1.29 is 9.84 Å². The fourth-order valence-corrected chi connectivity index (χ4v) is 1.85. The molecule has 0 bridgehead atoms. The van der Waals surface area contributed by atoms with Crippen molar-refractivity contribution in [1.29, 1.82) is 0 Å². The zero-order valence-corrected chi connectivity index (χ0v) is 11.1. The van der Waals surface area contributed by atoms with E-state index in [1.165, 1.54) is 0 Å². The minimum Gasteiger partial charge on any atom is -0.489 e. The first kappa shape index (κ1) is 13.2. The molecule has 2 nitrogen and oxygen atoms in total. The highest BCUT2D eigenvalue weighted by Crippen LogP contribution is 2.23. The van der Waals surface area contributed by atoms with Gasteiger partial charge in [-0.05, 0) is 35.4 Å². The summed E-state index contributed by atoms with van der Waals surface area (Å²) in [6, 6.07) is 12.7. The number of ether oxygens (including phenoxy) is 1. The predicted octanol–water partition coefficient (Wildman–Crippen LogP) is 4.06. The molecular weight excluding hydrogens is 271 g/mol. The van der Waals surface area contributed by atoms with Crippen LogP contribution in [0.4, 0.5) is 0 Å². The van der Waals surface area contributed by atoms with Crippen LogP contribution in [0.25, 0.3) is 0 Å². The molecule has 1 N–H and O–H groups in total. The molecule has 0 unspecified atom stereocenters. The Morgan fingerprint density at radius 1 is 0.944 bits per heavy atom. The molecule has 0 heterocycles. The first-order chi connectivity index (χ1) is 8.69. The summed E-state index contributed by atoms with van der Waals surface area (Å²) < 4.78 is 5.62. The van der Waals surface area contributed by atoms with Crippen molar-refractivity contribution in [2.45, 2.75) is 13.2 Å². The van der Waals surface area contributed by atoms with Gasteiger partial charge in [-0.15, -0.1) is 0 Å². The average Bonchev–Trinajstić information content (AvgIpc) is 2.40. The molecule has 0 aliphatic carbocycles. The summed E-state index contributed by atoms with van der Waals surface area (Å²) >= 11 is 11.8. The van der Waals surface area contributed by atoms with Crippen molar-refractivity contribution in [3.05, 3.63) is 63.6 Å². The lowest BCUT2D eigenvalue weighted by Crippen LogP contribution is -1.96. The molecule has 0 aromatic heterocycles. The van der Waals surface area contributed by atoms with Gasteiger partial charge in [0.2, 0.25) is 0 Å². The molecular formula is C14H12Cl2O2. The van der Waals surface area contributed by atoms with Gasteiger partial charge >= 0.3 is 0 Å². The zero-order chi connectivity index (χ0) is 13.0. The van der Waals surface area contributed by atoms with E-state index < -0.39 is 0 Å². The number of hydrogen-bond acceptors (Lipinski definition) is 2. The molecule has 0 aliphatic rings. The van der Waals surface area contributed by atoms with E-state index in [1.807, 2.05) is 24.3 Å². The molecule has 0 fully saturated rings. The van der Waals surface area contributed by atoms with Gasteiger partial charge in [-0.1, -0.05) is 41.4 Å². The lowest BCUT2D eigenvalue weighted by Gasteiger charge is -2.08. The van der Waals surface area contributed by atoms with Gasteiger partial charge in [-0.2, -0.15) is 0 Å². The molecule has 2 rings (SSSR count). The van der Waals surface area contributed by atoms with Crippen LogP contribution in [0.5, 0.6) is 5.75 Å². The maximum Gasteiger partial charge on any atom is 0.120 e. The van der Waals surface area contributed by atoms with Crippen LogP contribution >= 0.6 is 23.2 Å². The molecule has 0 saturated carbocycles. The van der Waals surface area contributed by atoms with Crippen LogP contribution in [-0.4, -0.2) is 5.11 Å². The van der Waals surface area contributed by atoms with Gasteiger partial charge in [0.15, 0.2) is 0 Å². The highest BCUT2D eigenvalue weighted by molar-refractivity contribution is 6.42. The number of aliphatic hydroxyl groups is 1. The van der Waals surface area contributed by atoms with Crippen molar-refractivity contribution in [3.8, 4) is 5.75 Å². The van der Waals surface area contributed by atoms with Crippen molar-refractivity contribution in [3.63, 3.8) is 0 Å². The fraction of sp³-hybridized carbons (Fsp3) is 0.143. The zero-order valence-electron chi connectivity index (χ0n) is 9.57. The quantitative estimate of drug-likeness (QED) is 0.916. The number of rotatable bonds is 4. The monoisotopic (exact) mass is 282 g/mol. The largest absolute Gasteiger partial charge is 0.489 e. The number of benzene rings is 2. The number of hydrogen-bond donors (Lipinski definition) is 1. The van der Waals surface area contributed by atoms with Gasteiger partial charge in [-0.3, -0.25) is 0 Å². The summed E-state index contributed by atoms with van der Waals surface area (Å²) in [5.74, 6) is 0.715. The van der Waals surface area contributed by atoms with Gasteiger partial charge < -0.3 is 9.84 Å².